The molecule has 112 valence electrons. The number of hydrogen-bond donors (Lipinski definition) is 3. The molecule has 0 aromatic heterocycles. The number of rotatable bonds is 4. The number of likely N-dealkylation sites (tertiary alicyclic amines) is 1. The Bertz CT molecular complexity index is 447. The summed E-state index contributed by atoms with van der Waals surface area (Å²) in [5.74, 6) is -1.31. The number of aliphatic carboxylic acids is 1. The quantitative estimate of drug-likeness (QED) is 0.688. The van der Waals surface area contributed by atoms with Crippen molar-refractivity contribution in [2.24, 2.45) is 11.1 Å². The number of carboxylic acid groups (broad SMARTS) is 1. The van der Waals surface area contributed by atoms with Crippen LogP contribution >= 0.6 is 0 Å². The van der Waals surface area contributed by atoms with E-state index in [1.54, 1.807) is 11.8 Å². The highest BCUT2D eigenvalue weighted by atomic mass is 16.4. The van der Waals surface area contributed by atoms with Crippen molar-refractivity contribution in [3.8, 4) is 0 Å². The molecule has 7 nitrogen and oxygen atoms in total. The van der Waals surface area contributed by atoms with Crippen molar-refractivity contribution < 1.29 is 19.5 Å². The van der Waals surface area contributed by atoms with Gasteiger partial charge in [0.2, 0.25) is 5.91 Å². The number of nitrogens with one attached hydrogen (secondary N) is 1. The lowest BCUT2D eigenvalue weighted by atomic mass is 9.74. The molecule has 0 bridgehead atoms. The zero-order chi connectivity index (χ0) is 15.0. The van der Waals surface area contributed by atoms with Gasteiger partial charge in [0.05, 0.1) is 17.4 Å². The lowest BCUT2D eigenvalue weighted by Gasteiger charge is -2.42. The van der Waals surface area contributed by atoms with E-state index in [-0.39, 0.29) is 19.0 Å². The summed E-state index contributed by atoms with van der Waals surface area (Å²) in [6.45, 7) is 2.50. The number of hydrogen-bond acceptors (Lipinski definition) is 3. The Balaban J connectivity index is 1.96. The maximum atomic E-state index is 12.2. The fourth-order valence-corrected chi connectivity index (χ4v) is 2.88. The molecule has 1 saturated heterocycles. The summed E-state index contributed by atoms with van der Waals surface area (Å²) in [5.41, 5.74) is 4.05. The van der Waals surface area contributed by atoms with Gasteiger partial charge in [0, 0.05) is 13.1 Å². The Morgan fingerprint density at radius 3 is 2.35 bits per heavy atom. The smallest absolute Gasteiger partial charge is 0.317 e. The zero-order valence-electron chi connectivity index (χ0n) is 11.6. The molecule has 2 aliphatic rings. The van der Waals surface area contributed by atoms with E-state index in [4.69, 9.17) is 10.8 Å². The maximum Gasteiger partial charge on any atom is 0.317 e. The first-order valence-electron chi connectivity index (χ1n) is 6.85. The van der Waals surface area contributed by atoms with Crippen LogP contribution < -0.4 is 11.1 Å². The monoisotopic (exact) mass is 283 g/mol. The van der Waals surface area contributed by atoms with Gasteiger partial charge in [-0.1, -0.05) is 0 Å². The van der Waals surface area contributed by atoms with Crippen molar-refractivity contribution in [2.45, 2.75) is 44.6 Å². The van der Waals surface area contributed by atoms with Crippen LogP contribution in [-0.2, 0) is 9.59 Å². The molecule has 3 amide bonds. The third-order valence-electron chi connectivity index (χ3n) is 4.53. The zero-order valence-corrected chi connectivity index (χ0v) is 11.6. The lowest BCUT2D eigenvalue weighted by Crippen LogP contribution is -2.58. The molecule has 7 heteroatoms. The number of nitrogens with zero attached hydrogens (tertiary/aromatic N) is 1. The van der Waals surface area contributed by atoms with Gasteiger partial charge < -0.3 is 21.1 Å². The third kappa shape index (κ3) is 2.71. The fraction of sp³-hybridized carbons (Fsp3) is 0.769. The average molecular weight is 283 g/mol. The second-order valence-electron chi connectivity index (χ2n) is 6.23. The van der Waals surface area contributed by atoms with Crippen LogP contribution in [0.2, 0.25) is 0 Å². The maximum absolute atomic E-state index is 12.2. The molecule has 20 heavy (non-hydrogen) atoms. The minimum Gasteiger partial charge on any atom is -0.481 e. The summed E-state index contributed by atoms with van der Waals surface area (Å²) >= 11 is 0. The number of carboxylic acids is 1. The summed E-state index contributed by atoms with van der Waals surface area (Å²) < 4.78 is 0. The Morgan fingerprint density at radius 1 is 1.30 bits per heavy atom. The summed E-state index contributed by atoms with van der Waals surface area (Å²) in [6, 6.07) is -0.295. The number of carbonyl (C=O) groups is 3. The van der Waals surface area contributed by atoms with Crippen molar-refractivity contribution in [3.05, 3.63) is 0 Å². The first-order valence-corrected chi connectivity index (χ1v) is 6.85. The average Bonchev–Trinajstić information content (AvgIpc) is 2.70. The van der Waals surface area contributed by atoms with E-state index in [0.717, 1.165) is 6.42 Å². The van der Waals surface area contributed by atoms with Crippen LogP contribution in [0.25, 0.3) is 0 Å². The summed E-state index contributed by atoms with van der Waals surface area (Å²) in [4.78, 5) is 36.0. The number of carbonyl (C=O) groups excluding carboxylic acids is 2. The van der Waals surface area contributed by atoms with Crippen molar-refractivity contribution in [2.75, 3.05) is 13.1 Å². The van der Waals surface area contributed by atoms with Crippen molar-refractivity contribution in [3.63, 3.8) is 0 Å². The van der Waals surface area contributed by atoms with E-state index in [0.29, 0.717) is 25.8 Å². The standard InChI is InChI=1S/C13H21N3O4/c1-12(10(14)19)5-6-16(8-12)11(20)15-13(3-2-4-13)7-9(17)18/h2-8H2,1H3,(H2,14,19)(H,15,20)(H,17,18). The van der Waals surface area contributed by atoms with Gasteiger partial charge in [-0.3, -0.25) is 9.59 Å². The number of nitrogens with two attached hydrogens (primary N) is 1. The Kier molecular flexibility index (Phi) is 3.62. The normalized spacial score (nSPS) is 27.8. The number of amides is 3. The minimum absolute atomic E-state index is 0.0559. The summed E-state index contributed by atoms with van der Waals surface area (Å²) in [7, 11) is 0. The van der Waals surface area contributed by atoms with E-state index in [2.05, 4.69) is 5.32 Å². The highest BCUT2D eigenvalue weighted by molar-refractivity contribution is 5.83. The van der Waals surface area contributed by atoms with Crippen LogP contribution in [0.4, 0.5) is 4.79 Å². The van der Waals surface area contributed by atoms with Crippen LogP contribution in [0.1, 0.15) is 39.0 Å². The lowest BCUT2D eigenvalue weighted by molar-refractivity contribution is -0.139. The minimum atomic E-state index is -0.909. The molecule has 0 aromatic carbocycles. The van der Waals surface area contributed by atoms with Gasteiger partial charge in [0.1, 0.15) is 0 Å². The molecule has 4 N–H and O–H groups in total. The molecule has 0 radical (unpaired) electrons. The second kappa shape index (κ2) is 4.96. The predicted molar refractivity (Wildman–Crippen MR) is 70.9 cm³/mol. The predicted octanol–water partition coefficient (Wildman–Crippen LogP) is 0.291. The van der Waals surface area contributed by atoms with E-state index < -0.39 is 22.8 Å². The molecule has 0 spiro atoms. The Morgan fingerprint density at radius 2 is 1.95 bits per heavy atom. The Hall–Kier alpha value is -1.79. The first kappa shape index (κ1) is 14.6. The van der Waals surface area contributed by atoms with Crippen LogP contribution in [-0.4, -0.2) is 46.5 Å². The molecular formula is C13H21N3O4. The molecule has 2 fully saturated rings. The third-order valence-corrected chi connectivity index (χ3v) is 4.53. The van der Waals surface area contributed by atoms with Crippen LogP contribution in [0.15, 0.2) is 0 Å². The molecule has 1 saturated carbocycles. The van der Waals surface area contributed by atoms with E-state index in [1.807, 2.05) is 0 Å². The van der Waals surface area contributed by atoms with Gasteiger partial charge in [0.15, 0.2) is 0 Å². The van der Waals surface area contributed by atoms with Gasteiger partial charge in [-0.05, 0) is 32.6 Å². The number of primary amides is 1. The molecule has 1 heterocycles. The summed E-state index contributed by atoms with van der Waals surface area (Å²) in [6.07, 6.45) is 2.78. The highest BCUT2D eigenvalue weighted by Gasteiger charge is 2.44. The largest absolute Gasteiger partial charge is 0.481 e. The Labute approximate surface area is 117 Å². The SMILES string of the molecule is CC1(C(N)=O)CCN(C(=O)NC2(CC(=O)O)CCC2)C1. The highest BCUT2D eigenvalue weighted by Crippen LogP contribution is 2.36. The van der Waals surface area contributed by atoms with Gasteiger partial charge in [-0.2, -0.15) is 0 Å². The van der Waals surface area contributed by atoms with E-state index in [1.165, 1.54) is 0 Å². The molecule has 1 aliphatic carbocycles. The van der Waals surface area contributed by atoms with Crippen LogP contribution in [0.5, 0.6) is 0 Å². The van der Waals surface area contributed by atoms with Gasteiger partial charge in [0.25, 0.3) is 0 Å². The van der Waals surface area contributed by atoms with Crippen LogP contribution in [0.3, 0.4) is 0 Å². The molecule has 1 aliphatic heterocycles. The second-order valence-corrected chi connectivity index (χ2v) is 6.23. The molecule has 0 aromatic rings. The van der Waals surface area contributed by atoms with Crippen molar-refractivity contribution >= 4 is 17.9 Å². The van der Waals surface area contributed by atoms with E-state index in [9.17, 15) is 14.4 Å². The van der Waals surface area contributed by atoms with Gasteiger partial charge >= 0.3 is 12.0 Å². The molecule has 1 unspecified atom stereocenters. The summed E-state index contributed by atoms with van der Waals surface area (Å²) in [5, 5.41) is 11.8. The van der Waals surface area contributed by atoms with Gasteiger partial charge in [-0.15, -0.1) is 0 Å². The fourth-order valence-electron chi connectivity index (χ4n) is 2.88. The molecular weight excluding hydrogens is 262 g/mol. The van der Waals surface area contributed by atoms with Gasteiger partial charge in [-0.25, -0.2) is 4.79 Å². The molecule has 2 rings (SSSR count). The topological polar surface area (TPSA) is 113 Å². The van der Waals surface area contributed by atoms with E-state index >= 15 is 0 Å². The molecule has 1 atom stereocenters. The van der Waals surface area contributed by atoms with Crippen molar-refractivity contribution in [1.29, 1.82) is 0 Å². The first-order chi connectivity index (χ1) is 9.26. The van der Waals surface area contributed by atoms with Crippen LogP contribution in [0, 0.1) is 5.41 Å². The number of urea groups is 1. The van der Waals surface area contributed by atoms with Crippen molar-refractivity contribution in [1.82, 2.24) is 10.2 Å².